The van der Waals surface area contributed by atoms with Gasteiger partial charge in [-0.2, -0.15) is 0 Å². The van der Waals surface area contributed by atoms with Crippen LogP contribution in [-0.2, 0) is 6.54 Å². The van der Waals surface area contributed by atoms with Crippen molar-refractivity contribution in [1.82, 2.24) is 4.90 Å². The summed E-state index contributed by atoms with van der Waals surface area (Å²) in [6.45, 7) is 3.46. The van der Waals surface area contributed by atoms with Crippen LogP contribution >= 0.6 is 34.2 Å². The zero-order valence-corrected chi connectivity index (χ0v) is 10.9. The molecule has 1 aliphatic heterocycles. The van der Waals surface area contributed by atoms with E-state index in [4.69, 9.17) is 11.6 Å². The van der Waals surface area contributed by atoms with E-state index >= 15 is 0 Å². The molecule has 0 N–H and O–H groups in total. The van der Waals surface area contributed by atoms with Gasteiger partial charge in [0.05, 0.1) is 0 Å². The monoisotopic (exact) mass is 321 g/mol. The molecular weight excluding hydrogens is 308 g/mol. The summed E-state index contributed by atoms with van der Waals surface area (Å²) in [5.74, 6) is 0. The fraction of sp³-hybridized carbons (Fsp3) is 0.455. The highest BCUT2D eigenvalue weighted by atomic mass is 127. The van der Waals surface area contributed by atoms with Crippen molar-refractivity contribution >= 4 is 34.2 Å². The SMILES string of the molecule is Clc1ccc(I)cc1CN1CCCC1. The van der Waals surface area contributed by atoms with Gasteiger partial charge in [-0.15, -0.1) is 0 Å². The van der Waals surface area contributed by atoms with E-state index in [-0.39, 0.29) is 0 Å². The van der Waals surface area contributed by atoms with Crippen LogP contribution in [0.25, 0.3) is 0 Å². The fourth-order valence-corrected chi connectivity index (χ4v) is 2.58. The number of rotatable bonds is 2. The second-order valence-electron chi connectivity index (χ2n) is 3.72. The first-order valence-corrected chi connectivity index (χ1v) is 6.37. The van der Waals surface area contributed by atoms with Crippen LogP contribution < -0.4 is 0 Å². The molecule has 0 saturated carbocycles. The Kier molecular flexibility index (Phi) is 3.68. The van der Waals surface area contributed by atoms with Gasteiger partial charge >= 0.3 is 0 Å². The second kappa shape index (κ2) is 4.81. The first-order chi connectivity index (χ1) is 6.75. The maximum Gasteiger partial charge on any atom is 0.0451 e. The van der Waals surface area contributed by atoms with E-state index < -0.39 is 0 Å². The average Bonchev–Trinajstić information content (AvgIpc) is 2.64. The normalized spacial score (nSPS) is 17.6. The highest BCUT2D eigenvalue weighted by molar-refractivity contribution is 14.1. The van der Waals surface area contributed by atoms with Gasteiger partial charge in [-0.25, -0.2) is 0 Å². The van der Waals surface area contributed by atoms with Crippen LogP contribution in [-0.4, -0.2) is 18.0 Å². The van der Waals surface area contributed by atoms with Crippen LogP contribution in [0.4, 0.5) is 0 Å². The highest BCUT2D eigenvalue weighted by Gasteiger charge is 2.13. The Morgan fingerprint density at radius 3 is 2.71 bits per heavy atom. The zero-order valence-electron chi connectivity index (χ0n) is 7.97. The van der Waals surface area contributed by atoms with Crippen molar-refractivity contribution in [2.45, 2.75) is 19.4 Å². The molecule has 14 heavy (non-hydrogen) atoms. The first kappa shape index (κ1) is 10.7. The summed E-state index contributed by atoms with van der Waals surface area (Å²) in [7, 11) is 0. The molecule has 0 atom stereocenters. The standard InChI is InChI=1S/C11H13ClIN/c12-11-4-3-10(13)7-9(11)8-14-5-1-2-6-14/h3-4,7H,1-2,5-6,8H2. The van der Waals surface area contributed by atoms with E-state index in [1.165, 1.54) is 35.1 Å². The van der Waals surface area contributed by atoms with Crippen molar-refractivity contribution in [3.63, 3.8) is 0 Å². The van der Waals surface area contributed by atoms with Crippen molar-refractivity contribution in [3.8, 4) is 0 Å². The summed E-state index contributed by atoms with van der Waals surface area (Å²) in [6, 6.07) is 6.23. The molecule has 0 aliphatic carbocycles. The van der Waals surface area contributed by atoms with Crippen LogP contribution in [0.3, 0.4) is 0 Å². The average molecular weight is 322 g/mol. The van der Waals surface area contributed by atoms with Gasteiger partial charge in [0.1, 0.15) is 0 Å². The third-order valence-electron chi connectivity index (χ3n) is 2.60. The van der Waals surface area contributed by atoms with Crippen molar-refractivity contribution in [2.75, 3.05) is 13.1 Å². The largest absolute Gasteiger partial charge is 0.299 e. The van der Waals surface area contributed by atoms with Crippen LogP contribution in [0, 0.1) is 3.57 Å². The maximum atomic E-state index is 6.14. The molecule has 0 aromatic heterocycles. The van der Waals surface area contributed by atoms with Gasteiger partial charge in [-0.3, -0.25) is 4.90 Å². The predicted molar refractivity (Wildman–Crippen MR) is 68.7 cm³/mol. The van der Waals surface area contributed by atoms with E-state index in [0.717, 1.165) is 11.6 Å². The molecule has 3 heteroatoms. The molecule has 1 aliphatic rings. The Morgan fingerprint density at radius 1 is 1.29 bits per heavy atom. The summed E-state index contributed by atoms with van der Waals surface area (Å²) >= 11 is 8.48. The third-order valence-corrected chi connectivity index (χ3v) is 3.64. The molecule has 1 saturated heterocycles. The van der Waals surface area contributed by atoms with Gasteiger partial charge in [0.15, 0.2) is 0 Å². The number of hydrogen-bond donors (Lipinski definition) is 0. The number of halogens is 2. The molecule has 0 unspecified atom stereocenters. The quantitative estimate of drug-likeness (QED) is 0.753. The van der Waals surface area contributed by atoms with Crippen molar-refractivity contribution < 1.29 is 0 Å². The number of hydrogen-bond acceptors (Lipinski definition) is 1. The molecule has 0 spiro atoms. The van der Waals surface area contributed by atoms with Gasteiger partial charge in [0.25, 0.3) is 0 Å². The van der Waals surface area contributed by atoms with Gasteiger partial charge in [-0.1, -0.05) is 11.6 Å². The summed E-state index contributed by atoms with van der Waals surface area (Å²) in [5.41, 5.74) is 1.26. The zero-order chi connectivity index (χ0) is 9.97. The van der Waals surface area contributed by atoms with Gasteiger partial charge in [0.2, 0.25) is 0 Å². The molecule has 1 aromatic carbocycles. The Bertz CT molecular complexity index is 321. The van der Waals surface area contributed by atoms with Gasteiger partial charge in [0, 0.05) is 15.1 Å². The lowest BCUT2D eigenvalue weighted by atomic mass is 10.2. The van der Waals surface area contributed by atoms with E-state index in [2.05, 4.69) is 39.6 Å². The molecular formula is C11H13ClIN. The van der Waals surface area contributed by atoms with Gasteiger partial charge < -0.3 is 0 Å². The number of nitrogens with zero attached hydrogens (tertiary/aromatic N) is 1. The topological polar surface area (TPSA) is 3.24 Å². The lowest BCUT2D eigenvalue weighted by Gasteiger charge is -2.15. The first-order valence-electron chi connectivity index (χ1n) is 4.92. The Hall–Kier alpha value is 0.200. The molecule has 76 valence electrons. The molecule has 2 rings (SSSR count). The fourth-order valence-electron chi connectivity index (χ4n) is 1.85. The minimum Gasteiger partial charge on any atom is -0.299 e. The van der Waals surface area contributed by atoms with Crippen LogP contribution in [0.1, 0.15) is 18.4 Å². The summed E-state index contributed by atoms with van der Waals surface area (Å²) in [4.78, 5) is 2.47. The van der Waals surface area contributed by atoms with E-state index in [1.54, 1.807) is 0 Å². The Balaban J connectivity index is 2.10. The van der Waals surface area contributed by atoms with E-state index in [1.807, 2.05) is 6.07 Å². The third kappa shape index (κ3) is 2.61. The van der Waals surface area contributed by atoms with E-state index in [9.17, 15) is 0 Å². The smallest absolute Gasteiger partial charge is 0.0451 e. The lowest BCUT2D eigenvalue weighted by Crippen LogP contribution is -2.18. The number of benzene rings is 1. The molecule has 0 bridgehead atoms. The minimum atomic E-state index is 0.900. The summed E-state index contributed by atoms with van der Waals surface area (Å²) in [6.07, 6.45) is 2.67. The Morgan fingerprint density at radius 2 is 2.00 bits per heavy atom. The predicted octanol–water partition coefficient (Wildman–Crippen LogP) is 3.54. The summed E-state index contributed by atoms with van der Waals surface area (Å²) < 4.78 is 1.26. The summed E-state index contributed by atoms with van der Waals surface area (Å²) in [5, 5.41) is 0.900. The second-order valence-corrected chi connectivity index (χ2v) is 5.37. The molecule has 0 amide bonds. The number of likely N-dealkylation sites (tertiary alicyclic amines) is 1. The van der Waals surface area contributed by atoms with E-state index in [0.29, 0.717) is 0 Å². The van der Waals surface area contributed by atoms with Crippen LogP contribution in [0.2, 0.25) is 5.02 Å². The molecule has 1 aromatic rings. The molecule has 1 heterocycles. The maximum absolute atomic E-state index is 6.14. The molecule has 1 fully saturated rings. The van der Waals surface area contributed by atoms with Crippen LogP contribution in [0.5, 0.6) is 0 Å². The highest BCUT2D eigenvalue weighted by Crippen LogP contribution is 2.22. The van der Waals surface area contributed by atoms with Crippen LogP contribution in [0.15, 0.2) is 18.2 Å². The van der Waals surface area contributed by atoms with Gasteiger partial charge in [-0.05, 0) is 72.3 Å². The minimum absolute atomic E-state index is 0.900. The van der Waals surface area contributed by atoms with Crippen molar-refractivity contribution in [1.29, 1.82) is 0 Å². The van der Waals surface area contributed by atoms with Crippen molar-refractivity contribution in [2.24, 2.45) is 0 Å². The lowest BCUT2D eigenvalue weighted by molar-refractivity contribution is 0.331. The molecule has 1 nitrogen and oxygen atoms in total. The molecule has 0 radical (unpaired) electrons. The van der Waals surface area contributed by atoms with Crippen molar-refractivity contribution in [3.05, 3.63) is 32.4 Å². The Labute approximate surface area is 104 Å².